The molecule has 0 aliphatic heterocycles. The van der Waals surface area contributed by atoms with Gasteiger partial charge in [-0.15, -0.1) is 0 Å². The van der Waals surface area contributed by atoms with Crippen molar-refractivity contribution < 1.29 is 0 Å². The monoisotopic (exact) mass is 216 g/mol. The van der Waals surface area contributed by atoms with Crippen LogP contribution in [-0.2, 0) is 0 Å². The Morgan fingerprint density at radius 2 is 1.64 bits per heavy atom. The summed E-state index contributed by atoms with van der Waals surface area (Å²) in [6.45, 7) is 6.93. The summed E-state index contributed by atoms with van der Waals surface area (Å²) in [4.78, 5) is 0. The van der Waals surface area contributed by atoms with Crippen molar-refractivity contribution in [2.24, 2.45) is 5.92 Å². The molecule has 0 aromatic rings. The van der Waals surface area contributed by atoms with E-state index in [0.29, 0.717) is 0 Å². The van der Waals surface area contributed by atoms with Gasteiger partial charge in [-0.1, -0.05) is 52.9 Å². The summed E-state index contributed by atoms with van der Waals surface area (Å²) >= 11 is 2.12. The van der Waals surface area contributed by atoms with Crippen molar-refractivity contribution >= 4 is 11.8 Å². The van der Waals surface area contributed by atoms with Gasteiger partial charge in [0.05, 0.1) is 0 Å². The van der Waals surface area contributed by atoms with Crippen LogP contribution in [-0.4, -0.2) is 11.5 Å². The molecule has 0 rings (SSSR count). The topological polar surface area (TPSA) is 0 Å². The Bertz CT molecular complexity index is 101. The normalized spacial score (nSPS) is 13.1. The number of rotatable bonds is 10. The van der Waals surface area contributed by atoms with Gasteiger partial charge >= 0.3 is 0 Å². The lowest BCUT2D eigenvalue weighted by molar-refractivity contribution is 0.477. The second-order valence-corrected chi connectivity index (χ2v) is 5.55. The predicted octanol–water partition coefficient (Wildman–Crippen LogP) is 5.13. The van der Waals surface area contributed by atoms with E-state index in [2.05, 4.69) is 32.5 Å². The first-order chi connectivity index (χ1) is 6.81. The maximum absolute atomic E-state index is 2.37. The number of thioether (sulfide) groups is 1. The van der Waals surface area contributed by atoms with Crippen molar-refractivity contribution in [1.82, 2.24) is 0 Å². The first kappa shape index (κ1) is 14.3. The Kier molecular flexibility index (Phi) is 11.7. The van der Waals surface area contributed by atoms with Crippen LogP contribution in [0.2, 0.25) is 0 Å². The lowest BCUT2D eigenvalue weighted by atomic mass is 10.0. The minimum Gasteiger partial charge on any atom is -0.162 e. The van der Waals surface area contributed by atoms with E-state index in [-0.39, 0.29) is 0 Å². The molecule has 14 heavy (non-hydrogen) atoms. The average Bonchev–Trinajstić information content (AvgIpc) is 2.21. The molecule has 0 aliphatic carbocycles. The summed E-state index contributed by atoms with van der Waals surface area (Å²) < 4.78 is 0. The van der Waals surface area contributed by atoms with Gasteiger partial charge in [-0.3, -0.25) is 0 Å². The van der Waals surface area contributed by atoms with Gasteiger partial charge in [-0.25, -0.2) is 0 Å². The molecule has 0 aliphatic rings. The van der Waals surface area contributed by atoms with Crippen LogP contribution in [0.25, 0.3) is 0 Å². The highest BCUT2D eigenvalue weighted by Gasteiger charge is 1.97. The third kappa shape index (κ3) is 10.4. The molecule has 1 heteroatoms. The average molecular weight is 216 g/mol. The van der Waals surface area contributed by atoms with Crippen molar-refractivity contribution in [2.45, 2.75) is 65.7 Å². The first-order valence-electron chi connectivity index (χ1n) is 6.39. The Hall–Kier alpha value is 0.350. The van der Waals surface area contributed by atoms with Crippen molar-refractivity contribution in [3.63, 3.8) is 0 Å². The fraction of sp³-hybridized carbons (Fsp3) is 1.00. The highest BCUT2D eigenvalue weighted by atomic mass is 32.2. The standard InChI is InChI=1S/C13H28S/c1-4-11-14-12-9-7-6-8-10-13(3)5-2/h13H,4-12H2,1-3H3. The summed E-state index contributed by atoms with van der Waals surface area (Å²) in [5.41, 5.74) is 0. The van der Waals surface area contributed by atoms with Crippen molar-refractivity contribution in [3.05, 3.63) is 0 Å². The highest BCUT2D eigenvalue weighted by molar-refractivity contribution is 7.99. The molecule has 0 spiro atoms. The zero-order chi connectivity index (χ0) is 10.6. The smallest absolute Gasteiger partial charge is 0.00675 e. The molecule has 0 saturated carbocycles. The quantitative estimate of drug-likeness (QED) is 0.456. The molecule has 0 nitrogen and oxygen atoms in total. The van der Waals surface area contributed by atoms with Gasteiger partial charge < -0.3 is 0 Å². The molecule has 0 N–H and O–H groups in total. The fourth-order valence-corrected chi connectivity index (χ4v) is 2.40. The van der Waals surface area contributed by atoms with Crippen molar-refractivity contribution in [1.29, 1.82) is 0 Å². The lowest BCUT2D eigenvalue weighted by Crippen LogP contribution is -1.92. The van der Waals surface area contributed by atoms with Crippen LogP contribution >= 0.6 is 11.8 Å². The molecule has 0 aromatic carbocycles. The van der Waals surface area contributed by atoms with Crippen molar-refractivity contribution in [3.8, 4) is 0 Å². The molecule has 0 saturated heterocycles. The molecule has 0 radical (unpaired) electrons. The van der Waals surface area contributed by atoms with Crippen LogP contribution in [0.3, 0.4) is 0 Å². The van der Waals surface area contributed by atoms with Crippen LogP contribution < -0.4 is 0 Å². The molecule has 0 aromatic heterocycles. The summed E-state index contributed by atoms with van der Waals surface area (Å²) in [5, 5.41) is 0. The number of hydrogen-bond acceptors (Lipinski definition) is 1. The zero-order valence-corrected chi connectivity index (χ0v) is 11.2. The molecule has 0 fully saturated rings. The van der Waals surface area contributed by atoms with Crippen LogP contribution in [0.15, 0.2) is 0 Å². The number of unbranched alkanes of at least 4 members (excludes halogenated alkanes) is 3. The van der Waals surface area contributed by atoms with Crippen LogP contribution in [0.4, 0.5) is 0 Å². The van der Waals surface area contributed by atoms with Gasteiger partial charge in [0.15, 0.2) is 0 Å². The van der Waals surface area contributed by atoms with Gasteiger partial charge in [-0.2, -0.15) is 11.8 Å². The number of hydrogen-bond donors (Lipinski definition) is 0. The fourth-order valence-electron chi connectivity index (χ4n) is 1.50. The highest BCUT2D eigenvalue weighted by Crippen LogP contribution is 2.14. The Balaban J connectivity index is 2.92. The largest absolute Gasteiger partial charge is 0.162 e. The van der Waals surface area contributed by atoms with Gasteiger partial charge in [0, 0.05) is 0 Å². The maximum Gasteiger partial charge on any atom is -0.00675 e. The predicted molar refractivity (Wildman–Crippen MR) is 70.2 cm³/mol. The van der Waals surface area contributed by atoms with Gasteiger partial charge in [0.2, 0.25) is 0 Å². The molecule has 0 bridgehead atoms. The van der Waals surface area contributed by atoms with Gasteiger partial charge in [0.1, 0.15) is 0 Å². The first-order valence-corrected chi connectivity index (χ1v) is 7.54. The molecular weight excluding hydrogens is 188 g/mol. The molecule has 1 atom stereocenters. The summed E-state index contributed by atoms with van der Waals surface area (Å²) in [6.07, 6.45) is 9.92. The second-order valence-electron chi connectivity index (χ2n) is 4.33. The summed E-state index contributed by atoms with van der Waals surface area (Å²) in [6, 6.07) is 0. The van der Waals surface area contributed by atoms with Gasteiger partial charge in [0.25, 0.3) is 0 Å². The third-order valence-corrected chi connectivity index (χ3v) is 4.06. The van der Waals surface area contributed by atoms with E-state index in [0.717, 1.165) is 5.92 Å². The Labute approximate surface area is 95.2 Å². The minimum absolute atomic E-state index is 0.949. The van der Waals surface area contributed by atoms with E-state index >= 15 is 0 Å². The zero-order valence-electron chi connectivity index (χ0n) is 10.3. The van der Waals surface area contributed by atoms with Crippen LogP contribution in [0, 0.1) is 5.92 Å². The van der Waals surface area contributed by atoms with E-state index in [1.165, 1.54) is 56.5 Å². The molecular formula is C13H28S. The minimum atomic E-state index is 0.949. The molecule has 86 valence electrons. The van der Waals surface area contributed by atoms with E-state index in [1.54, 1.807) is 0 Å². The van der Waals surface area contributed by atoms with Crippen LogP contribution in [0.1, 0.15) is 65.7 Å². The van der Waals surface area contributed by atoms with Crippen LogP contribution in [0.5, 0.6) is 0 Å². The van der Waals surface area contributed by atoms with E-state index in [1.807, 2.05) is 0 Å². The van der Waals surface area contributed by atoms with E-state index < -0.39 is 0 Å². The van der Waals surface area contributed by atoms with Crippen molar-refractivity contribution in [2.75, 3.05) is 11.5 Å². The van der Waals surface area contributed by atoms with E-state index in [4.69, 9.17) is 0 Å². The van der Waals surface area contributed by atoms with E-state index in [9.17, 15) is 0 Å². The lowest BCUT2D eigenvalue weighted by Gasteiger charge is -2.07. The maximum atomic E-state index is 2.37. The summed E-state index contributed by atoms with van der Waals surface area (Å²) in [5.74, 6) is 3.69. The second kappa shape index (κ2) is 11.4. The van der Waals surface area contributed by atoms with Gasteiger partial charge in [-0.05, 0) is 30.3 Å². The third-order valence-electron chi connectivity index (χ3n) is 2.78. The molecule has 0 amide bonds. The SMILES string of the molecule is CCCSCCCCCCC(C)CC. The Morgan fingerprint density at radius 3 is 2.29 bits per heavy atom. The molecule has 1 unspecified atom stereocenters. The molecule has 0 heterocycles. The Morgan fingerprint density at radius 1 is 0.929 bits per heavy atom. The summed E-state index contributed by atoms with van der Waals surface area (Å²) in [7, 11) is 0.